The van der Waals surface area contributed by atoms with Crippen molar-refractivity contribution < 1.29 is 0 Å². The van der Waals surface area contributed by atoms with Crippen LogP contribution in [-0.4, -0.2) is 42.3 Å². The van der Waals surface area contributed by atoms with Gasteiger partial charge in [-0.15, -0.1) is 0 Å². The van der Waals surface area contributed by atoms with Gasteiger partial charge < -0.3 is 0 Å². The molecule has 3 heteroatoms. The number of rotatable bonds is 4. The van der Waals surface area contributed by atoms with E-state index in [2.05, 4.69) is 59.2 Å². The second-order valence-electron chi connectivity index (χ2n) is 6.32. The van der Waals surface area contributed by atoms with E-state index in [1.165, 1.54) is 16.7 Å². The molecule has 1 fully saturated rings. The summed E-state index contributed by atoms with van der Waals surface area (Å²) in [6.45, 7) is 9.53. The van der Waals surface area contributed by atoms with Gasteiger partial charge >= 0.3 is 0 Å². The van der Waals surface area contributed by atoms with E-state index in [-0.39, 0.29) is 0 Å². The van der Waals surface area contributed by atoms with E-state index in [9.17, 15) is 0 Å². The molecule has 0 aromatic heterocycles. The van der Waals surface area contributed by atoms with Crippen molar-refractivity contribution in [3.63, 3.8) is 0 Å². The van der Waals surface area contributed by atoms with E-state index < -0.39 is 0 Å². The van der Waals surface area contributed by atoms with Gasteiger partial charge in [0.1, 0.15) is 0 Å². The fourth-order valence-electron chi connectivity index (χ4n) is 2.96. The van der Waals surface area contributed by atoms with Gasteiger partial charge in [0.15, 0.2) is 0 Å². The molecule has 0 spiro atoms. The van der Waals surface area contributed by atoms with Crippen molar-refractivity contribution in [2.24, 2.45) is 5.10 Å². The molecule has 2 aromatic rings. The fourth-order valence-corrected chi connectivity index (χ4v) is 2.96. The Morgan fingerprint density at radius 3 is 2.39 bits per heavy atom. The largest absolute Gasteiger partial charge is 0.295 e. The molecule has 0 saturated carbocycles. The molecule has 3 nitrogen and oxygen atoms in total. The van der Waals surface area contributed by atoms with Gasteiger partial charge in [0, 0.05) is 32.7 Å². The molecule has 0 radical (unpaired) electrons. The summed E-state index contributed by atoms with van der Waals surface area (Å²) < 4.78 is 0. The van der Waals surface area contributed by atoms with Crippen LogP contribution in [0, 0.1) is 13.8 Å². The zero-order valence-electron chi connectivity index (χ0n) is 14.1. The van der Waals surface area contributed by atoms with Crippen LogP contribution in [0.15, 0.2) is 53.6 Å². The van der Waals surface area contributed by atoms with Gasteiger partial charge in [-0.1, -0.05) is 54.1 Å². The summed E-state index contributed by atoms with van der Waals surface area (Å²) in [5, 5.41) is 6.78. The van der Waals surface area contributed by atoms with Crippen molar-refractivity contribution in [1.29, 1.82) is 0 Å². The lowest BCUT2D eigenvalue weighted by atomic mass is 10.1. The van der Waals surface area contributed by atoms with Gasteiger partial charge in [-0.25, -0.2) is 0 Å². The lowest BCUT2D eigenvalue weighted by Gasteiger charge is -2.33. The smallest absolute Gasteiger partial charge is 0.0542 e. The van der Waals surface area contributed by atoms with Crippen LogP contribution in [0.2, 0.25) is 0 Å². The van der Waals surface area contributed by atoms with Gasteiger partial charge in [-0.05, 0) is 30.5 Å². The summed E-state index contributed by atoms with van der Waals surface area (Å²) in [5.74, 6) is 0. The highest BCUT2D eigenvalue weighted by Gasteiger charge is 2.16. The second kappa shape index (κ2) is 7.42. The molecule has 120 valence electrons. The van der Waals surface area contributed by atoms with Gasteiger partial charge in [-0.2, -0.15) is 5.10 Å². The van der Waals surface area contributed by atoms with Crippen LogP contribution in [0.25, 0.3) is 0 Å². The average Bonchev–Trinajstić information content (AvgIpc) is 2.58. The molecule has 23 heavy (non-hydrogen) atoms. The quantitative estimate of drug-likeness (QED) is 0.806. The zero-order chi connectivity index (χ0) is 16.1. The molecular weight excluding hydrogens is 282 g/mol. The maximum Gasteiger partial charge on any atom is 0.0542 e. The predicted molar refractivity (Wildman–Crippen MR) is 96.8 cm³/mol. The van der Waals surface area contributed by atoms with Crippen molar-refractivity contribution >= 4 is 6.21 Å². The Balaban J connectivity index is 1.51. The van der Waals surface area contributed by atoms with E-state index in [0.29, 0.717) is 0 Å². The summed E-state index contributed by atoms with van der Waals surface area (Å²) in [7, 11) is 0. The van der Waals surface area contributed by atoms with Crippen molar-refractivity contribution in [1.82, 2.24) is 9.91 Å². The first-order valence-corrected chi connectivity index (χ1v) is 8.33. The highest BCUT2D eigenvalue weighted by molar-refractivity contribution is 5.79. The van der Waals surface area contributed by atoms with Gasteiger partial charge in [0.05, 0.1) is 6.21 Å². The molecule has 1 aliphatic heterocycles. The predicted octanol–water partition coefficient (Wildman–Crippen LogP) is 3.46. The minimum Gasteiger partial charge on any atom is -0.295 e. The van der Waals surface area contributed by atoms with Crippen molar-refractivity contribution in [2.75, 3.05) is 26.2 Å². The zero-order valence-corrected chi connectivity index (χ0v) is 14.1. The molecule has 0 bridgehead atoms. The second-order valence-corrected chi connectivity index (χ2v) is 6.32. The van der Waals surface area contributed by atoms with Crippen LogP contribution >= 0.6 is 0 Å². The third-order valence-electron chi connectivity index (χ3n) is 4.41. The van der Waals surface area contributed by atoms with Crippen molar-refractivity contribution in [3.05, 3.63) is 70.8 Å². The number of benzene rings is 2. The van der Waals surface area contributed by atoms with Crippen LogP contribution in [0.4, 0.5) is 0 Å². The molecule has 1 aliphatic rings. The van der Waals surface area contributed by atoms with Crippen molar-refractivity contribution in [3.8, 4) is 0 Å². The van der Waals surface area contributed by atoms with E-state index in [1.54, 1.807) is 0 Å². The number of nitrogens with zero attached hydrogens (tertiary/aromatic N) is 3. The molecule has 2 aromatic carbocycles. The number of hydrogen-bond acceptors (Lipinski definition) is 3. The lowest BCUT2D eigenvalue weighted by Crippen LogP contribution is -2.43. The summed E-state index contributed by atoms with van der Waals surface area (Å²) in [4.78, 5) is 2.52. The van der Waals surface area contributed by atoms with E-state index >= 15 is 0 Å². The SMILES string of the molecule is Cc1ccc(CN2CCN(/N=C\c3ccccc3)CC2)c(C)c1. The highest BCUT2D eigenvalue weighted by Crippen LogP contribution is 2.14. The summed E-state index contributed by atoms with van der Waals surface area (Å²) in [6, 6.07) is 17.0. The Morgan fingerprint density at radius 1 is 0.957 bits per heavy atom. The Kier molecular flexibility index (Phi) is 5.09. The third-order valence-corrected chi connectivity index (χ3v) is 4.41. The molecule has 3 rings (SSSR count). The van der Waals surface area contributed by atoms with E-state index in [1.807, 2.05) is 24.4 Å². The Bertz CT molecular complexity index is 656. The summed E-state index contributed by atoms with van der Waals surface area (Å²) >= 11 is 0. The first-order chi connectivity index (χ1) is 11.2. The van der Waals surface area contributed by atoms with Gasteiger partial charge in [0.2, 0.25) is 0 Å². The highest BCUT2D eigenvalue weighted by atomic mass is 15.5. The van der Waals surface area contributed by atoms with Crippen molar-refractivity contribution in [2.45, 2.75) is 20.4 Å². The molecule has 0 N–H and O–H groups in total. The monoisotopic (exact) mass is 307 g/mol. The number of hydrazone groups is 1. The summed E-state index contributed by atoms with van der Waals surface area (Å²) in [5.41, 5.74) is 5.34. The van der Waals surface area contributed by atoms with Crippen LogP contribution in [-0.2, 0) is 6.54 Å². The van der Waals surface area contributed by atoms with Crippen LogP contribution in [0.1, 0.15) is 22.3 Å². The van der Waals surface area contributed by atoms with E-state index in [0.717, 1.165) is 38.3 Å². The molecular formula is C20H25N3. The van der Waals surface area contributed by atoms with Crippen LogP contribution in [0.3, 0.4) is 0 Å². The summed E-state index contributed by atoms with van der Waals surface area (Å²) in [6.07, 6.45) is 1.96. The molecule has 0 aliphatic carbocycles. The minimum atomic E-state index is 0.994. The normalized spacial score (nSPS) is 16.2. The Labute approximate surface area is 139 Å². The number of piperazine rings is 1. The minimum absolute atomic E-state index is 0.994. The average molecular weight is 307 g/mol. The molecule has 0 amide bonds. The first-order valence-electron chi connectivity index (χ1n) is 8.33. The fraction of sp³-hybridized carbons (Fsp3) is 0.350. The van der Waals surface area contributed by atoms with Gasteiger partial charge in [0.25, 0.3) is 0 Å². The number of hydrogen-bond donors (Lipinski definition) is 0. The first kappa shape index (κ1) is 15.8. The van der Waals surface area contributed by atoms with Gasteiger partial charge in [-0.3, -0.25) is 9.91 Å². The Morgan fingerprint density at radius 2 is 1.70 bits per heavy atom. The lowest BCUT2D eigenvalue weighted by molar-refractivity contribution is 0.131. The van der Waals surface area contributed by atoms with Crippen LogP contribution < -0.4 is 0 Å². The van der Waals surface area contributed by atoms with Crippen LogP contribution in [0.5, 0.6) is 0 Å². The van der Waals surface area contributed by atoms with E-state index in [4.69, 9.17) is 0 Å². The Hall–Kier alpha value is -2.13. The third kappa shape index (κ3) is 4.42. The standard InChI is InChI=1S/C20H25N3/c1-17-8-9-20(18(2)14-17)16-22-10-12-23(13-11-22)21-15-19-6-4-3-5-7-19/h3-9,14-15H,10-13,16H2,1-2H3/b21-15-. The topological polar surface area (TPSA) is 18.8 Å². The molecule has 1 saturated heterocycles. The number of aryl methyl sites for hydroxylation is 2. The molecule has 0 unspecified atom stereocenters. The maximum atomic E-state index is 4.61. The molecule has 0 atom stereocenters. The molecule has 1 heterocycles. The maximum absolute atomic E-state index is 4.61.